The van der Waals surface area contributed by atoms with Gasteiger partial charge in [0.15, 0.2) is 0 Å². The molecular formula is C16H20BrClN2S. The predicted molar refractivity (Wildman–Crippen MR) is 97.0 cm³/mol. The highest BCUT2D eigenvalue weighted by atomic mass is 79.9. The Morgan fingerprint density at radius 2 is 1.90 bits per heavy atom. The molecule has 0 aliphatic carbocycles. The van der Waals surface area contributed by atoms with Gasteiger partial charge in [-0.3, -0.25) is 0 Å². The molecular weight excluding hydrogens is 368 g/mol. The second-order valence-electron chi connectivity index (χ2n) is 5.29. The zero-order chi connectivity index (χ0) is 13.9. The molecule has 1 aromatic carbocycles. The third-order valence-corrected chi connectivity index (χ3v) is 5.31. The summed E-state index contributed by atoms with van der Waals surface area (Å²) in [5.74, 6) is 0.642. The van der Waals surface area contributed by atoms with Gasteiger partial charge in [0.05, 0.1) is 10.7 Å². The molecule has 21 heavy (non-hydrogen) atoms. The number of rotatable bonds is 3. The number of nitrogens with zero attached hydrogens (tertiary/aromatic N) is 2. The molecule has 0 atom stereocenters. The Morgan fingerprint density at radius 3 is 2.52 bits per heavy atom. The van der Waals surface area contributed by atoms with Crippen LogP contribution in [0.5, 0.6) is 0 Å². The zero-order valence-corrected chi connectivity index (χ0v) is 15.4. The van der Waals surface area contributed by atoms with Crippen LogP contribution in [0, 0.1) is 0 Å². The van der Waals surface area contributed by atoms with Crippen LogP contribution in [-0.2, 0) is 0 Å². The van der Waals surface area contributed by atoms with E-state index >= 15 is 0 Å². The van der Waals surface area contributed by atoms with Crippen LogP contribution in [-0.4, -0.2) is 29.5 Å². The maximum absolute atomic E-state index is 5.93. The van der Waals surface area contributed by atoms with Crippen LogP contribution >= 0.6 is 39.9 Å². The van der Waals surface area contributed by atoms with Crippen LogP contribution in [0.15, 0.2) is 29.6 Å². The van der Waals surface area contributed by atoms with Gasteiger partial charge in [-0.2, -0.15) is 0 Å². The summed E-state index contributed by atoms with van der Waals surface area (Å²) >= 11 is 7.73. The van der Waals surface area contributed by atoms with Gasteiger partial charge >= 0.3 is 0 Å². The molecule has 0 unspecified atom stereocenters. The summed E-state index contributed by atoms with van der Waals surface area (Å²) < 4.78 is 0. The lowest BCUT2D eigenvalue weighted by Gasteiger charge is -2.29. The van der Waals surface area contributed by atoms with E-state index in [1.165, 1.54) is 37.5 Å². The molecule has 5 heteroatoms. The average Bonchev–Trinajstić information content (AvgIpc) is 2.98. The highest BCUT2D eigenvalue weighted by Gasteiger charge is 2.22. The fraction of sp³-hybridized carbons (Fsp3) is 0.438. The van der Waals surface area contributed by atoms with Gasteiger partial charge in [0, 0.05) is 21.9 Å². The second-order valence-corrected chi connectivity index (χ2v) is 6.61. The molecule has 3 rings (SSSR count). The van der Waals surface area contributed by atoms with Crippen molar-refractivity contribution in [1.29, 1.82) is 0 Å². The molecule has 2 nitrogen and oxygen atoms in total. The van der Waals surface area contributed by atoms with Crippen LogP contribution < -0.4 is 0 Å². The minimum Gasteiger partial charge on any atom is -0.304 e. The van der Waals surface area contributed by atoms with E-state index in [1.807, 2.05) is 24.3 Å². The van der Waals surface area contributed by atoms with Crippen molar-refractivity contribution in [1.82, 2.24) is 9.88 Å². The monoisotopic (exact) mass is 386 g/mol. The standard InChI is InChI=1S/C16H19ClN2S.BrH/c1-2-19-9-7-13(8-10-19)16-18-15(11-20-16)12-3-5-14(17)6-4-12;/h3-6,11,13H,2,7-10H2,1H3;1H. The maximum atomic E-state index is 5.93. The van der Waals surface area contributed by atoms with Crippen LogP contribution in [0.2, 0.25) is 5.02 Å². The Hall–Kier alpha value is -0.420. The minimum atomic E-state index is 0. The predicted octanol–water partition coefficient (Wildman–Crippen LogP) is 5.24. The molecule has 0 saturated carbocycles. The molecule has 1 aliphatic rings. The third kappa shape index (κ3) is 4.07. The lowest BCUT2D eigenvalue weighted by molar-refractivity contribution is 0.222. The van der Waals surface area contributed by atoms with E-state index in [0.29, 0.717) is 5.92 Å². The molecule has 1 aliphatic heterocycles. The smallest absolute Gasteiger partial charge is 0.0964 e. The van der Waals surface area contributed by atoms with E-state index in [4.69, 9.17) is 16.6 Å². The zero-order valence-electron chi connectivity index (χ0n) is 12.1. The molecule has 0 bridgehead atoms. The fourth-order valence-electron chi connectivity index (χ4n) is 2.72. The number of thiazole rings is 1. The molecule has 0 radical (unpaired) electrons. The lowest BCUT2D eigenvalue weighted by atomic mass is 9.97. The normalized spacial score (nSPS) is 16.7. The van der Waals surface area contributed by atoms with Crippen LogP contribution in [0.3, 0.4) is 0 Å². The van der Waals surface area contributed by atoms with Gasteiger partial charge in [-0.15, -0.1) is 28.3 Å². The Labute approximate surface area is 145 Å². The van der Waals surface area contributed by atoms with Gasteiger partial charge in [0.2, 0.25) is 0 Å². The van der Waals surface area contributed by atoms with E-state index in [-0.39, 0.29) is 17.0 Å². The number of likely N-dealkylation sites (tertiary alicyclic amines) is 1. The maximum Gasteiger partial charge on any atom is 0.0964 e. The molecule has 0 amide bonds. The van der Waals surface area contributed by atoms with E-state index in [0.717, 1.165) is 16.3 Å². The number of hydrogen-bond acceptors (Lipinski definition) is 3. The SMILES string of the molecule is Br.CCN1CCC(c2nc(-c3ccc(Cl)cc3)cs2)CC1. The Kier molecular flexibility index (Phi) is 6.23. The highest BCUT2D eigenvalue weighted by molar-refractivity contribution is 8.93. The van der Waals surface area contributed by atoms with Crippen LogP contribution in [0.25, 0.3) is 11.3 Å². The summed E-state index contributed by atoms with van der Waals surface area (Å²) in [6.07, 6.45) is 2.48. The van der Waals surface area contributed by atoms with Crippen molar-refractivity contribution in [3.05, 3.63) is 39.7 Å². The Bertz CT molecular complexity index is 562. The van der Waals surface area contributed by atoms with E-state index < -0.39 is 0 Å². The number of piperidine rings is 1. The first-order valence-electron chi connectivity index (χ1n) is 7.20. The van der Waals surface area contributed by atoms with Gasteiger partial charge in [-0.1, -0.05) is 30.7 Å². The third-order valence-electron chi connectivity index (χ3n) is 4.05. The summed E-state index contributed by atoms with van der Waals surface area (Å²) in [7, 11) is 0. The van der Waals surface area contributed by atoms with Crippen molar-refractivity contribution in [2.75, 3.05) is 19.6 Å². The average molecular weight is 388 g/mol. The molecule has 1 fully saturated rings. The van der Waals surface area contributed by atoms with Crippen molar-refractivity contribution >= 4 is 39.9 Å². The van der Waals surface area contributed by atoms with E-state index in [2.05, 4.69) is 17.2 Å². The van der Waals surface area contributed by atoms with Gasteiger partial charge < -0.3 is 4.90 Å². The molecule has 0 spiro atoms. The van der Waals surface area contributed by atoms with Crippen molar-refractivity contribution in [3.63, 3.8) is 0 Å². The van der Waals surface area contributed by atoms with Crippen LogP contribution in [0.4, 0.5) is 0 Å². The quantitative estimate of drug-likeness (QED) is 0.716. The van der Waals surface area contributed by atoms with E-state index in [1.54, 1.807) is 11.3 Å². The minimum absolute atomic E-state index is 0. The first-order chi connectivity index (χ1) is 9.76. The summed E-state index contributed by atoms with van der Waals surface area (Å²) in [6.45, 7) is 5.82. The number of hydrogen-bond donors (Lipinski definition) is 0. The molecule has 114 valence electrons. The first-order valence-corrected chi connectivity index (χ1v) is 8.45. The van der Waals surface area contributed by atoms with Gasteiger partial charge in [0.25, 0.3) is 0 Å². The summed E-state index contributed by atoms with van der Waals surface area (Å²) in [6, 6.07) is 7.94. The second kappa shape index (κ2) is 7.73. The van der Waals surface area contributed by atoms with E-state index in [9.17, 15) is 0 Å². The fourth-order valence-corrected chi connectivity index (χ4v) is 3.85. The van der Waals surface area contributed by atoms with Crippen molar-refractivity contribution in [2.24, 2.45) is 0 Å². The Morgan fingerprint density at radius 1 is 1.24 bits per heavy atom. The summed E-state index contributed by atoms with van der Waals surface area (Å²) in [5, 5.41) is 4.24. The van der Waals surface area contributed by atoms with Crippen molar-refractivity contribution in [2.45, 2.75) is 25.7 Å². The Balaban J connectivity index is 0.00000161. The molecule has 1 aromatic heterocycles. The number of aromatic nitrogens is 1. The van der Waals surface area contributed by atoms with Crippen molar-refractivity contribution in [3.8, 4) is 11.3 Å². The molecule has 1 saturated heterocycles. The number of benzene rings is 1. The molecule has 2 aromatic rings. The van der Waals surface area contributed by atoms with Crippen molar-refractivity contribution < 1.29 is 0 Å². The largest absolute Gasteiger partial charge is 0.304 e. The molecule has 0 N–H and O–H groups in total. The topological polar surface area (TPSA) is 16.1 Å². The first kappa shape index (κ1) is 16.9. The highest BCUT2D eigenvalue weighted by Crippen LogP contribution is 2.33. The number of halogens is 2. The molecule has 2 heterocycles. The van der Waals surface area contributed by atoms with Gasteiger partial charge in [-0.25, -0.2) is 4.98 Å². The summed E-state index contributed by atoms with van der Waals surface area (Å²) in [4.78, 5) is 7.36. The summed E-state index contributed by atoms with van der Waals surface area (Å²) in [5.41, 5.74) is 2.24. The van der Waals surface area contributed by atoms with Crippen LogP contribution in [0.1, 0.15) is 30.7 Å². The van der Waals surface area contributed by atoms with Gasteiger partial charge in [-0.05, 0) is 44.6 Å². The lowest BCUT2D eigenvalue weighted by Crippen LogP contribution is -2.32. The van der Waals surface area contributed by atoms with Gasteiger partial charge in [0.1, 0.15) is 0 Å².